The van der Waals surface area contributed by atoms with Crippen LogP contribution in [0.25, 0.3) is 0 Å². The number of hydrogen-bond donors (Lipinski definition) is 2. The predicted octanol–water partition coefficient (Wildman–Crippen LogP) is 1.43. The molecule has 2 fully saturated rings. The molecule has 2 heterocycles. The third kappa shape index (κ3) is 0.619. The fraction of sp³-hybridized carbons (Fsp3) is 1.00. The van der Waals surface area contributed by atoms with Gasteiger partial charge in [0.15, 0.2) is 0 Å². The molecule has 0 aliphatic carbocycles. The van der Waals surface area contributed by atoms with Crippen LogP contribution in [0.3, 0.4) is 0 Å². The second-order valence-corrected chi connectivity index (χ2v) is 14.4. The third-order valence-corrected chi connectivity index (χ3v) is 16.0. The highest BCUT2D eigenvalue weighted by Crippen LogP contribution is 3.15. The minimum Gasteiger partial charge on any atom is -0.330 e. The molecule has 0 aromatic rings. The van der Waals surface area contributed by atoms with Crippen molar-refractivity contribution in [2.45, 2.75) is 23.2 Å². The highest BCUT2D eigenvalue weighted by Gasteiger charge is 2.81. The molecule has 2 N–H and O–H groups in total. The van der Waals surface area contributed by atoms with Gasteiger partial charge in [-0.3, -0.25) is 0 Å². The largest absolute Gasteiger partial charge is 0.330 e. The van der Waals surface area contributed by atoms with E-state index in [0.29, 0.717) is 0 Å². The smallest absolute Gasteiger partial charge is 0.0463 e. The molecule has 2 atom stereocenters. The Hall–Kier alpha value is 0.660. The average Bonchev–Trinajstić information content (AvgIpc) is 2.69. The zero-order valence-corrected chi connectivity index (χ0v) is 8.42. The molecule has 2 unspecified atom stereocenters. The van der Waals surface area contributed by atoms with Crippen LogP contribution in [0.15, 0.2) is 0 Å². The molecule has 0 aromatic heterocycles. The Labute approximate surface area is 66.8 Å². The second kappa shape index (κ2) is 1.70. The number of thiol groups is 1. The summed E-state index contributed by atoms with van der Waals surface area (Å²) in [6.07, 6.45) is 3.82. The second-order valence-electron chi connectivity index (χ2n) is 3.97. The molecule has 0 aromatic carbocycles. The molecule has 2 rings (SSSR count). The van der Waals surface area contributed by atoms with Gasteiger partial charge in [-0.1, -0.05) is 6.92 Å². The van der Waals surface area contributed by atoms with Crippen molar-refractivity contribution in [3.05, 3.63) is 0 Å². The summed E-state index contributed by atoms with van der Waals surface area (Å²) in [7, 11) is 1.31. The first-order valence-corrected chi connectivity index (χ1v) is 8.51. The van der Waals surface area contributed by atoms with Crippen LogP contribution in [0.5, 0.6) is 0 Å². The van der Waals surface area contributed by atoms with Crippen LogP contribution in [0.4, 0.5) is 0 Å². The molecule has 62 valence electrons. The molecule has 3 heteroatoms. The standard InChI is InChI=1S/C7H17NS2/c1-6-7-9-10(6,7,2)5-3-4-8/h6-7,10H,3-5,8H2,1-2H3. The van der Waals surface area contributed by atoms with Gasteiger partial charge < -0.3 is 5.73 Å². The van der Waals surface area contributed by atoms with E-state index in [0.717, 1.165) is 16.4 Å². The molecule has 0 spiro atoms. The Kier molecular flexibility index (Phi) is 1.24. The summed E-state index contributed by atoms with van der Waals surface area (Å²) < 4.78 is 1.12. The molecule has 1 nitrogen and oxygen atoms in total. The van der Waals surface area contributed by atoms with E-state index in [-0.39, 0.29) is 0 Å². The number of hydrogen-bond acceptors (Lipinski definition) is 2. The molecule has 2 aliphatic rings. The van der Waals surface area contributed by atoms with Gasteiger partial charge in [-0.15, -0.1) is 10.8 Å². The van der Waals surface area contributed by atoms with Crippen LogP contribution in [-0.2, 0) is 0 Å². The van der Waals surface area contributed by atoms with Crippen molar-refractivity contribution in [3.63, 3.8) is 0 Å². The first-order chi connectivity index (χ1) is 4.62. The topological polar surface area (TPSA) is 26.0 Å². The maximum Gasteiger partial charge on any atom is 0.0463 e. The van der Waals surface area contributed by atoms with Crippen LogP contribution in [0.1, 0.15) is 13.3 Å². The lowest BCUT2D eigenvalue weighted by molar-refractivity contribution is 0.940. The molecule has 2 aliphatic heterocycles. The summed E-state index contributed by atoms with van der Waals surface area (Å²) >= 11 is 0. The Balaban J connectivity index is 1.93. The monoisotopic (exact) mass is 179 g/mol. The molecule has 10 heavy (non-hydrogen) atoms. The first kappa shape index (κ1) is 7.32. The van der Waals surface area contributed by atoms with Crippen molar-refractivity contribution in [1.82, 2.24) is 0 Å². The minimum absolute atomic E-state index is 0.895. The quantitative estimate of drug-likeness (QED) is 0.389. The SMILES string of the molecule is CC1C2S[SH]12(C)CCCN. The van der Waals surface area contributed by atoms with E-state index in [2.05, 4.69) is 24.0 Å². The van der Waals surface area contributed by atoms with E-state index in [9.17, 15) is 0 Å². The van der Waals surface area contributed by atoms with Crippen molar-refractivity contribution in [3.8, 4) is 0 Å². The maximum atomic E-state index is 5.50. The van der Waals surface area contributed by atoms with Crippen molar-refractivity contribution in [1.29, 1.82) is 0 Å². The van der Waals surface area contributed by atoms with Crippen molar-refractivity contribution < 1.29 is 0 Å². The normalized spacial score (nSPS) is 48.5. The van der Waals surface area contributed by atoms with Gasteiger partial charge in [0.1, 0.15) is 0 Å². The number of nitrogens with two attached hydrogens (primary N) is 1. The van der Waals surface area contributed by atoms with E-state index >= 15 is 0 Å². The highest BCUT2D eigenvalue weighted by molar-refractivity contribution is 9.22. The third-order valence-electron chi connectivity index (χ3n) is 3.40. The molecular formula is C7H17NS2. The van der Waals surface area contributed by atoms with E-state index in [4.69, 9.17) is 5.73 Å². The van der Waals surface area contributed by atoms with Gasteiger partial charge >= 0.3 is 0 Å². The van der Waals surface area contributed by atoms with Gasteiger partial charge in [-0.2, -0.15) is 0 Å². The Morgan fingerprint density at radius 2 is 2.20 bits per heavy atom. The van der Waals surface area contributed by atoms with E-state index in [1.807, 2.05) is 0 Å². The summed E-state index contributed by atoms with van der Waals surface area (Å²) in [5, 5.41) is 1.10. The maximum absolute atomic E-state index is 5.50. The van der Waals surface area contributed by atoms with Gasteiger partial charge in [0.2, 0.25) is 0 Å². The van der Waals surface area contributed by atoms with Crippen LogP contribution in [0, 0.1) is 0 Å². The lowest BCUT2D eigenvalue weighted by Crippen LogP contribution is -2.06. The number of fused-ring (bicyclic) bond motifs is 1. The van der Waals surface area contributed by atoms with Crippen LogP contribution >= 0.6 is 19.0 Å². The fourth-order valence-corrected chi connectivity index (χ4v) is 14.6. The zero-order valence-electron chi connectivity index (χ0n) is 6.71. The zero-order chi connectivity index (χ0) is 7.43. The minimum atomic E-state index is -0.983. The summed E-state index contributed by atoms with van der Waals surface area (Å²) in [4.78, 5) is 0. The van der Waals surface area contributed by atoms with Crippen molar-refractivity contribution >= 4 is 19.0 Å². The average molecular weight is 179 g/mol. The van der Waals surface area contributed by atoms with Crippen LogP contribution in [0.2, 0.25) is 0 Å². The van der Waals surface area contributed by atoms with Gasteiger partial charge in [-0.25, -0.2) is 8.19 Å². The predicted molar refractivity (Wildman–Crippen MR) is 54.3 cm³/mol. The Morgan fingerprint density at radius 3 is 2.50 bits per heavy atom. The first-order valence-electron chi connectivity index (χ1n) is 4.02. The van der Waals surface area contributed by atoms with E-state index < -0.39 is 8.19 Å². The molecule has 0 radical (unpaired) electrons. The van der Waals surface area contributed by atoms with Crippen molar-refractivity contribution in [2.75, 3.05) is 18.6 Å². The van der Waals surface area contributed by atoms with E-state index in [1.165, 1.54) is 12.2 Å². The van der Waals surface area contributed by atoms with Gasteiger partial charge in [0.05, 0.1) is 0 Å². The van der Waals surface area contributed by atoms with Gasteiger partial charge in [0.25, 0.3) is 0 Å². The van der Waals surface area contributed by atoms with E-state index in [1.54, 1.807) is 0 Å². The molecule has 0 saturated carbocycles. The van der Waals surface area contributed by atoms with Crippen LogP contribution < -0.4 is 5.73 Å². The highest BCUT2D eigenvalue weighted by atomic mass is 33.2. The fourth-order valence-electron chi connectivity index (χ4n) is 2.05. The lowest BCUT2D eigenvalue weighted by atomic mass is 10.5. The Bertz CT molecular complexity index is 176. The van der Waals surface area contributed by atoms with Gasteiger partial charge in [0, 0.05) is 9.83 Å². The molecule has 2 saturated heterocycles. The molecule has 0 bridgehead atoms. The Morgan fingerprint density at radius 1 is 1.60 bits per heavy atom. The number of rotatable bonds is 3. The summed E-state index contributed by atoms with van der Waals surface area (Å²) in [5.74, 6) is 1.47. The van der Waals surface area contributed by atoms with Crippen molar-refractivity contribution in [2.24, 2.45) is 5.73 Å². The molecule has 0 amide bonds. The summed E-state index contributed by atoms with van der Waals surface area (Å²) in [6, 6.07) is 0. The van der Waals surface area contributed by atoms with Gasteiger partial charge in [-0.05, 0) is 25.0 Å². The van der Waals surface area contributed by atoms with Crippen LogP contribution in [-0.4, -0.2) is 28.4 Å². The lowest BCUT2D eigenvalue weighted by Gasteiger charge is -2.28. The molecular weight excluding hydrogens is 162 g/mol. The summed E-state index contributed by atoms with van der Waals surface area (Å²) in [5.41, 5.74) is 5.50. The summed E-state index contributed by atoms with van der Waals surface area (Å²) in [6.45, 7) is 3.32.